The highest BCUT2D eigenvalue weighted by molar-refractivity contribution is 9.10. The van der Waals surface area contributed by atoms with Gasteiger partial charge in [0.1, 0.15) is 5.82 Å². The Morgan fingerprint density at radius 2 is 2.09 bits per heavy atom. The molecule has 0 fully saturated rings. The van der Waals surface area contributed by atoms with Gasteiger partial charge in [-0.1, -0.05) is 6.07 Å². The number of benzene rings is 1. The van der Waals surface area contributed by atoms with Gasteiger partial charge in [0.15, 0.2) is 9.84 Å². The minimum Gasteiger partial charge on any atom is -0.360 e. The molecule has 0 bridgehead atoms. The smallest absolute Gasteiger partial charge is 0.177 e. The Kier molecular flexibility index (Phi) is 3.44. The van der Waals surface area contributed by atoms with Gasteiger partial charge in [0, 0.05) is 36.8 Å². The number of dihydropyridines is 1. The van der Waals surface area contributed by atoms with Crippen molar-refractivity contribution in [1.82, 2.24) is 10.2 Å². The highest BCUT2D eigenvalue weighted by atomic mass is 79.9. The number of sulfone groups is 1. The monoisotopic (exact) mass is 398 g/mol. The Hall–Kier alpha value is -1.18. The molecule has 1 aromatic carbocycles. The maximum absolute atomic E-state index is 13.6. The van der Waals surface area contributed by atoms with Crippen LogP contribution < -0.4 is 5.32 Å². The summed E-state index contributed by atoms with van der Waals surface area (Å²) in [6, 6.07) is 4.78. The molecule has 0 aromatic heterocycles. The molecule has 0 aliphatic carbocycles. The summed E-state index contributed by atoms with van der Waals surface area (Å²) >= 11 is 3.22. The second kappa shape index (κ2) is 5.16. The molecule has 0 saturated carbocycles. The van der Waals surface area contributed by atoms with Gasteiger partial charge in [0.25, 0.3) is 0 Å². The minimum absolute atomic E-state index is 0.153. The molecule has 122 valence electrons. The Balaban J connectivity index is 1.90. The zero-order valence-corrected chi connectivity index (χ0v) is 15.0. The first kappa shape index (κ1) is 15.4. The van der Waals surface area contributed by atoms with E-state index >= 15 is 0 Å². The Morgan fingerprint density at radius 1 is 1.30 bits per heavy atom. The molecule has 0 radical (unpaired) electrons. The molecule has 1 unspecified atom stereocenters. The third-order valence-corrected chi connectivity index (χ3v) is 7.20. The van der Waals surface area contributed by atoms with Crippen molar-refractivity contribution in [2.45, 2.75) is 12.3 Å². The lowest BCUT2D eigenvalue weighted by Crippen LogP contribution is -2.26. The predicted molar refractivity (Wildman–Crippen MR) is 89.9 cm³/mol. The fourth-order valence-electron chi connectivity index (χ4n) is 3.72. The summed E-state index contributed by atoms with van der Waals surface area (Å²) in [5, 5.41) is 3.34. The molecule has 7 heteroatoms. The highest BCUT2D eigenvalue weighted by Crippen LogP contribution is 2.46. The molecule has 0 spiro atoms. The van der Waals surface area contributed by atoms with Gasteiger partial charge < -0.3 is 5.32 Å². The lowest BCUT2D eigenvalue weighted by Gasteiger charge is -2.28. The number of allylic oxidation sites excluding steroid dienone is 2. The van der Waals surface area contributed by atoms with Crippen LogP contribution in [0.15, 0.2) is 44.5 Å². The Morgan fingerprint density at radius 3 is 2.83 bits per heavy atom. The van der Waals surface area contributed by atoms with Crippen LogP contribution in [0, 0.1) is 5.82 Å². The summed E-state index contributed by atoms with van der Waals surface area (Å²) < 4.78 is 39.1. The van der Waals surface area contributed by atoms with Gasteiger partial charge in [-0.2, -0.15) is 0 Å². The van der Waals surface area contributed by atoms with Gasteiger partial charge >= 0.3 is 0 Å². The van der Waals surface area contributed by atoms with Gasteiger partial charge in [0.05, 0.1) is 15.1 Å². The van der Waals surface area contributed by atoms with Gasteiger partial charge in [-0.3, -0.25) is 4.90 Å². The van der Waals surface area contributed by atoms with Crippen molar-refractivity contribution in [3.63, 3.8) is 0 Å². The Bertz CT molecular complexity index is 876. The molecule has 1 N–H and O–H groups in total. The molecule has 4 rings (SSSR count). The van der Waals surface area contributed by atoms with Crippen LogP contribution in [0.3, 0.4) is 0 Å². The van der Waals surface area contributed by atoms with Crippen LogP contribution in [-0.2, 0) is 9.84 Å². The van der Waals surface area contributed by atoms with Gasteiger partial charge in [0.2, 0.25) is 0 Å². The number of likely N-dealkylation sites (N-methyl/N-ethyl adjacent to an activating group) is 1. The van der Waals surface area contributed by atoms with Crippen LogP contribution in [0.4, 0.5) is 4.39 Å². The van der Waals surface area contributed by atoms with Crippen molar-refractivity contribution >= 4 is 25.8 Å². The van der Waals surface area contributed by atoms with Crippen molar-refractivity contribution in [1.29, 1.82) is 0 Å². The molecular weight excluding hydrogens is 383 g/mol. The largest absolute Gasteiger partial charge is 0.360 e. The van der Waals surface area contributed by atoms with E-state index < -0.39 is 9.84 Å². The SMILES string of the molecule is CN1CC2=C(C1)C(c1ccc(F)c(Br)c1)C1=C(CCS1(=O)=O)N2. The number of nitrogens with zero attached hydrogens (tertiary/aromatic N) is 1. The molecule has 3 heterocycles. The minimum atomic E-state index is -3.27. The number of hydrogen-bond donors (Lipinski definition) is 1. The molecule has 0 amide bonds. The van der Waals surface area contributed by atoms with Crippen molar-refractivity contribution in [3.05, 3.63) is 55.9 Å². The maximum Gasteiger partial charge on any atom is 0.177 e. The van der Waals surface area contributed by atoms with Crippen LogP contribution in [-0.4, -0.2) is 39.2 Å². The molecule has 1 atom stereocenters. The van der Waals surface area contributed by atoms with E-state index in [4.69, 9.17) is 0 Å². The average Bonchev–Trinajstić information content (AvgIpc) is 2.99. The van der Waals surface area contributed by atoms with Gasteiger partial charge in [-0.15, -0.1) is 0 Å². The van der Waals surface area contributed by atoms with E-state index in [1.54, 1.807) is 12.1 Å². The first-order valence-corrected chi connectivity index (χ1v) is 9.89. The van der Waals surface area contributed by atoms with Crippen LogP contribution in [0.2, 0.25) is 0 Å². The van der Waals surface area contributed by atoms with E-state index in [1.807, 2.05) is 7.05 Å². The van der Waals surface area contributed by atoms with Crippen molar-refractivity contribution in [2.24, 2.45) is 0 Å². The van der Waals surface area contributed by atoms with E-state index in [9.17, 15) is 12.8 Å². The van der Waals surface area contributed by atoms with Crippen LogP contribution in [0.5, 0.6) is 0 Å². The van der Waals surface area contributed by atoms with E-state index in [-0.39, 0.29) is 17.5 Å². The van der Waals surface area contributed by atoms with Gasteiger partial charge in [-0.05, 0) is 46.2 Å². The zero-order chi connectivity index (χ0) is 16.4. The lowest BCUT2D eigenvalue weighted by molar-refractivity contribution is 0.419. The van der Waals surface area contributed by atoms with Crippen LogP contribution >= 0.6 is 15.9 Å². The fourth-order valence-corrected chi connectivity index (χ4v) is 5.97. The second-order valence-electron chi connectivity index (χ2n) is 6.32. The molecular formula is C16H16BrFN2O2S. The van der Waals surface area contributed by atoms with Crippen LogP contribution in [0.25, 0.3) is 0 Å². The van der Waals surface area contributed by atoms with E-state index in [2.05, 4.69) is 26.1 Å². The molecule has 0 saturated heterocycles. The normalized spacial score (nSPS) is 26.3. The fraction of sp³-hybridized carbons (Fsp3) is 0.375. The molecule has 4 nitrogen and oxygen atoms in total. The van der Waals surface area contributed by atoms with Crippen molar-refractivity contribution < 1.29 is 12.8 Å². The molecule has 3 aliphatic heterocycles. The van der Waals surface area contributed by atoms with Crippen molar-refractivity contribution in [2.75, 3.05) is 25.9 Å². The first-order chi connectivity index (χ1) is 10.9. The second-order valence-corrected chi connectivity index (χ2v) is 9.25. The Labute approximate surface area is 143 Å². The number of halogens is 2. The van der Waals surface area contributed by atoms with E-state index in [1.165, 1.54) is 6.07 Å². The summed E-state index contributed by atoms with van der Waals surface area (Å²) in [6.45, 7) is 1.50. The summed E-state index contributed by atoms with van der Waals surface area (Å²) in [5.74, 6) is -0.501. The predicted octanol–water partition coefficient (Wildman–Crippen LogP) is 2.50. The first-order valence-electron chi connectivity index (χ1n) is 7.45. The topological polar surface area (TPSA) is 49.4 Å². The number of hydrogen-bond acceptors (Lipinski definition) is 4. The molecule has 1 aromatic rings. The highest BCUT2D eigenvalue weighted by Gasteiger charge is 2.43. The number of rotatable bonds is 1. The summed E-state index contributed by atoms with van der Waals surface area (Å²) in [4.78, 5) is 2.63. The summed E-state index contributed by atoms with van der Waals surface area (Å²) in [7, 11) is -1.26. The average molecular weight is 399 g/mol. The van der Waals surface area contributed by atoms with Crippen LogP contribution in [0.1, 0.15) is 17.9 Å². The van der Waals surface area contributed by atoms with E-state index in [0.29, 0.717) is 22.3 Å². The quantitative estimate of drug-likeness (QED) is 0.789. The number of nitrogens with one attached hydrogen (secondary N) is 1. The van der Waals surface area contributed by atoms with Crippen molar-refractivity contribution in [3.8, 4) is 0 Å². The standard InChI is InChI=1S/C16H16BrFN2O2S/c1-20-7-10-14(8-20)19-13-4-5-23(21,22)16(13)15(10)9-2-3-12(18)11(17)6-9/h2-3,6,15,19H,4-5,7-8H2,1H3. The third kappa shape index (κ3) is 2.37. The maximum atomic E-state index is 13.6. The zero-order valence-electron chi connectivity index (χ0n) is 12.6. The third-order valence-electron chi connectivity index (χ3n) is 4.70. The van der Waals surface area contributed by atoms with Gasteiger partial charge in [-0.25, -0.2) is 12.8 Å². The molecule has 23 heavy (non-hydrogen) atoms. The summed E-state index contributed by atoms with van der Waals surface area (Å²) in [6.07, 6.45) is 0.525. The summed E-state index contributed by atoms with van der Waals surface area (Å²) in [5.41, 5.74) is 3.80. The molecule has 3 aliphatic rings. The lowest BCUT2D eigenvalue weighted by atomic mass is 9.87. The van der Waals surface area contributed by atoms with E-state index in [0.717, 1.165) is 29.1 Å².